The maximum Gasteiger partial charge on any atom is 0.0457 e. The molecule has 1 aromatic heterocycles. The van der Waals surface area contributed by atoms with Crippen LogP contribution in [0.5, 0.6) is 0 Å². The number of para-hydroxylation sites is 1. The van der Waals surface area contributed by atoms with Crippen LogP contribution in [0.15, 0.2) is 30.5 Å². The fourth-order valence-electron chi connectivity index (χ4n) is 1.94. The minimum atomic E-state index is 0. The van der Waals surface area contributed by atoms with E-state index in [0.29, 0.717) is 6.04 Å². The zero-order chi connectivity index (χ0) is 8.67. The van der Waals surface area contributed by atoms with Crippen molar-refractivity contribution in [3.05, 3.63) is 36.0 Å². The zero-order valence-corrected chi connectivity index (χ0v) is 8.60. The third kappa shape index (κ3) is 1.31. The third-order valence-electron chi connectivity index (χ3n) is 2.82. The number of halogens is 1. The first kappa shape index (κ1) is 9.56. The van der Waals surface area contributed by atoms with Crippen LogP contribution >= 0.6 is 12.4 Å². The number of hydrogen-bond acceptors (Lipinski definition) is 1. The number of hydrogen-bond donors (Lipinski definition) is 2. The van der Waals surface area contributed by atoms with Crippen LogP contribution in [0, 0.1) is 0 Å². The molecule has 2 aromatic rings. The summed E-state index contributed by atoms with van der Waals surface area (Å²) in [6.07, 6.45) is 3.39. The molecule has 0 radical (unpaired) electrons. The lowest BCUT2D eigenvalue weighted by molar-refractivity contribution is 0.385. The summed E-state index contributed by atoms with van der Waals surface area (Å²) in [6.45, 7) is 1.16. The Balaban J connectivity index is 0.000000750. The van der Waals surface area contributed by atoms with E-state index in [9.17, 15) is 0 Å². The van der Waals surface area contributed by atoms with Gasteiger partial charge in [-0.2, -0.15) is 0 Å². The molecule has 2 heterocycles. The largest absolute Gasteiger partial charge is 0.361 e. The summed E-state index contributed by atoms with van der Waals surface area (Å²) in [5, 5.41) is 4.78. The van der Waals surface area contributed by atoms with Crippen molar-refractivity contribution in [2.75, 3.05) is 6.54 Å². The Morgan fingerprint density at radius 1 is 1.21 bits per heavy atom. The molecule has 1 atom stereocenters. The van der Waals surface area contributed by atoms with E-state index in [1.54, 1.807) is 0 Å². The number of nitrogens with one attached hydrogen (secondary N) is 2. The highest BCUT2D eigenvalue weighted by atomic mass is 35.5. The topological polar surface area (TPSA) is 27.8 Å². The highest BCUT2D eigenvalue weighted by Crippen LogP contribution is 2.29. The van der Waals surface area contributed by atoms with Crippen LogP contribution in [0.3, 0.4) is 0 Å². The molecule has 0 saturated carbocycles. The fourth-order valence-corrected chi connectivity index (χ4v) is 1.94. The number of aromatic nitrogens is 1. The van der Waals surface area contributed by atoms with Crippen LogP contribution in [0.1, 0.15) is 18.0 Å². The second-order valence-electron chi connectivity index (χ2n) is 3.58. The molecule has 1 aromatic carbocycles. The second kappa shape index (κ2) is 3.64. The molecule has 74 valence electrons. The van der Waals surface area contributed by atoms with Crippen LogP contribution in [-0.4, -0.2) is 11.5 Å². The van der Waals surface area contributed by atoms with E-state index in [4.69, 9.17) is 0 Å². The van der Waals surface area contributed by atoms with Gasteiger partial charge in [0, 0.05) is 23.1 Å². The van der Waals surface area contributed by atoms with Gasteiger partial charge in [0.15, 0.2) is 0 Å². The Labute approximate surface area is 89.1 Å². The maximum atomic E-state index is 3.42. The van der Waals surface area contributed by atoms with Gasteiger partial charge < -0.3 is 10.3 Å². The Bertz CT molecular complexity index is 432. The van der Waals surface area contributed by atoms with Crippen molar-refractivity contribution in [1.29, 1.82) is 0 Å². The Hall–Kier alpha value is -0.990. The van der Waals surface area contributed by atoms with Crippen LogP contribution in [0.2, 0.25) is 0 Å². The van der Waals surface area contributed by atoms with Gasteiger partial charge in [-0.25, -0.2) is 0 Å². The first-order valence-corrected chi connectivity index (χ1v) is 4.74. The first-order valence-electron chi connectivity index (χ1n) is 4.74. The van der Waals surface area contributed by atoms with Gasteiger partial charge in [0.1, 0.15) is 0 Å². The van der Waals surface area contributed by atoms with Gasteiger partial charge in [0.25, 0.3) is 0 Å². The summed E-state index contributed by atoms with van der Waals surface area (Å²) in [4.78, 5) is 3.30. The van der Waals surface area contributed by atoms with Gasteiger partial charge in [-0.3, -0.25) is 0 Å². The van der Waals surface area contributed by atoms with E-state index in [2.05, 4.69) is 40.8 Å². The van der Waals surface area contributed by atoms with Crippen molar-refractivity contribution in [3.63, 3.8) is 0 Å². The van der Waals surface area contributed by atoms with Crippen LogP contribution in [0.25, 0.3) is 10.9 Å². The summed E-state index contributed by atoms with van der Waals surface area (Å²) < 4.78 is 0. The lowest BCUT2D eigenvalue weighted by Crippen LogP contribution is -2.34. The molecule has 3 heteroatoms. The third-order valence-corrected chi connectivity index (χ3v) is 2.82. The molecular formula is C11H13ClN2. The average molecular weight is 209 g/mol. The average Bonchev–Trinajstić information content (AvgIpc) is 2.47. The Morgan fingerprint density at radius 3 is 2.71 bits per heavy atom. The lowest BCUT2D eigenvalue weighted by atomic mass is 9.98. The van der Waals surface area contributed by atoms with Gasteiger partial charge >= 0.3 is 0 Å². The van der Waals surface area contributed by atoms with Crippen molar-refractivity contribution in [1.82, 2.24) is 10.3 Å². The minimum Gasteiger partial charge on any atom is -0.361 e. The van der Waals surface area contributed by atoms with E-state index in [1.807, 2.05) is 0 Å². The highest BCUT2D eigenvalue weighted by Gasteiger charge is 2.20. The quantitative estimate of drug-likeness (QED) is 0.741. The molecule has 1 aliphatic heterocycles. The second-order valence-corrected chi connectivity index (χ2v) is 3.58. The van der Waals surface area contributed by atoms with E-state index in [-0.39, 0.29) is 12.4 Å². The summed E-state index contributed by atoms with van der Waals surface area (Å²) in [5.41, 5.74) is 2.66. The molecule has 14 heavy (non-hydrogen) atoms. The first-order chi connectivity index (χ1) is 6.45. The van der Waals surface area contributed by atoms with Gasteiger partial charge in [-0.05, 0) is 24.6 Å². The van der Waals surface area contributed by atoms with E-state index in [0.717, 1.165) is 6.54 Å². The normalized spacial score (nSPS) is 20.1. The van der Waals surface area contributed by atoms with Crippen LogP contribution < -0.4 is 5.32 Å². The molecule has 1 fully saturated rings. The fraction of sp³-hybridized carbons (Fsp3) is 0.273. The number of fused-ring (bicyclic) bond motifs is 1. The molecule has 0 bridgehead atoms. The summed E-state index contributed by atoms with van der Waals surface area (Å²) >= 11 is 0. The highest BCUT2D eigenvalue weighted by molar-refractivity contribution is 5.85. The SMILES string of the molecule is Cl.c1ccc2c([C@@H]3CCN3)c[nH]c2c1. The van der Waals surface area contributed by atoms with E-state index >= 15 is 0 Å². The number of benzene rings is 1. The standard InChI is InChI=1S/C11H12N2.ClH/c1-2-4-10-8(3-1)9(7-13-10)11-5-6-12-11;/h1-4,7,11-13H,5-6H2;1H/t11-;/m0./s1. The predicted molar refractivity (Wildman–Crippen MR) is 60.9 cm³/mol. The van der Waals surface area contributed by atoms with Crippen molar-refractivity contribution in [2.45, 2.75) is 12.5 Å². The van der Waals surface area contributed by atoms with Crippen molar-refractivity contribution >= 4 is 23.3 Å². The minimum absolute atomic E-state index is 0. The van der Waals surface area contributed by atoms with E-state index in [1.165, 1.54) is 22.9 Å². The summed E-state index contributed by atoms with van der Waals surface area (Å²) in [6, 6.07) is 9.05. The molecule has 0 aliphatic carbocycles. The molecule has 2 N–H and O–H groups in total. The lowest BCUT2D eigenvalue weighted by Gasteiger charge is -2.27. The molecule has 3 rings (SSSR count). The summed E-state index contributed by atoms with van der Waals surface area (Å²) in [7, 11) is 0. The molecule has 0 unspecified atom stereocenters. The predicted octanol–water partition coefficient (Wildman–Crippen LogP) is 2.62. The smallest absolute Gasteiger partial charge is 0.0457 e. The van der Waals surface area contributed by atoms with Crippen molar-refractivity contribution < 1.29 is 0 Å². The molecule has 1 saturated heterocycles. The molecule has 1 aliphatic rings. The van der Waals surface area contributed by atoms with Gasteiger partial charge in [0.05, 0.1) is 0 Å². The molecular weight excluding hydrogens is 196 g/mol. The monoisotopic (exact) mass is 208 g/mol. The Kier molecular flexibility index (Phi) is 2.48. The maximum absolute atomic E-state index is 3.42. The zero-order valence-electron chi connectivity index (χ0n) is 7.79. The molecule has 0 spiro atoms. The Morgan fingerprint density at radius 2 is 2.00 bits per heavy atom. The number of rotatable bonds is 1. The van der Waals surface area contributed by atoms with Crippen LogP contribution in [-0.2, 0) is 0 Å². The number of H-pyrrole nitrogens is 1. The van der Waals surface area contributed by atoms with Crippen molar-refractivity contribution in [2.24, 2.45) is 0 Å². The van der Waals surface area contributed by atoms with Gasteiger partial charge in [-0.15, -0.1) is 12.4 Å². The van der Waals surface area contributed by atoms with Crippen LogP contribution in [0.4, 0.5) is 0 Å². The molecule has 0 amide bonds. The molecule has 2 nitrogen and oxygen atoms in total. The van der Waals surface area contributed by atoms with Gasteiger partial charge in [0.2, 0.25) is 0 Å². The summed E-state index contributed by atoms with van der Waals surface area (Å²) in [5.74, 6) is 0. The van der Waals surface area contributed by atoms with Crippen molar-refractivity contribution in [3.8, 4) is 0 Å². The van der Waals surface area contributed by atoms with Gasteiger partial charge in [-0.1, -0.05) is 18.2 Å². The van der Waals surface area contributed by atoms with E-state index < -0.39 is 0 Å². The number of aromatic amines is 1.